The Morgan fingerprint density at radius 1 is 0.255 bits per heavy atom. The first-order valence-corrected chi connectivity index (χ1v) is 30.5. The molecule has 1 aromatic heterocycles. The van der Waals surface area contributed by atoms with Crippen LogP contribution in [0.3, 0.4) is 0 Å². The van der Waals surface area contributed by atoms with E-state index in [0.29, 0.717) is 40.0 Å². The summed E-state index contributed by atoms with van der Waals surface area (Å²) in [6.07, 6.45) is -15.6. The van der Waals surface area contributed by atoms with E-state index in [1.807, 2.05) is 97.1 Å². The highest BCUT2D eigenvalue weighted by molar-refractivity contribution is 7.00. The SMILES string of the molecule is FC(F)(F)c1ccc(-n2c3ccccc3c3cc(-c4cc5c6c(c4)N(c4cc(-c7ccccc7)cc(-c7ccccc7)c4)c4ccccc4B6c4ccccc4N5c4cc(-c5ccccc5)cc(-c5ccccc5)c4)ccc32)c(-c2ccc(C(F)(F)F)cc2C(F)(F)F)c1. The molecule has 13 heteroatoms. The molecule has 0 spiro atoms. The van der Waals surface area contributed by atoms with Crippen LogP contribution < -0.4 is 26.2 Å². The molecule has 14 aromatic rings. The second-order valence-electron chi connectivity index (χ2n) is 23.7. The van der Waals surface area contributed by atoms with Gasteiger partial charge >= 0.3 is 18.5 Å². The molecule has 0 amide bonds. The third-order valence-corrected chi connectivity index (χ3v) is 18.2. The summed E-state index contributed by atoms with van der Waals surface area (Å²) in [4.78, 5) is 4.73. The normalized spacial score (nSPS) is 12.9. The Kier molecular flexibility index (Phi) is 13.7. The number of alkyl halides is 9. The number of hydrogen-bond donors (Lipinski definition) is 0. The monoisotopic (exact) mass is 1250 g/mol. The van der Waals surface area contributed by atoms with Crippen molar-refractivity contribution >= 4 is 79.0 Å². The Balaban J connectivity index is 0.980. The minimum atomic E-state index is -5.40. The van der Waals surface area contributed by atoms with Crippen LogP contribution in [0.15, 0.2) is 297 Å². The van der Waals surface area contributed by atoms with Gasteiger partial charge in [0.25, 0.3) is 6.71 Å². The van der Waals surface area contributed by atoms with E-state index in [4.69, 9.17) is 0 Å². The molecule has 3 nitrogen and oxygen atoms in total. The van der Waals surface area contributed by atoms with Crippen LogP contribution in [0.5, 0.6) is 0 Å². The summed E-state index contributed by atoms with van der Waals surface area (Å²) in [5.74, 6) is 0. The highest BCUT2D eigenvalue weighted by Crippen LogP contribution is 2.51. The first-order chi connectivity index (χ1) is 45.5. The molecule has 454 valence electrons. The van der Waals surface area contributed by atoms with Crippen molar-refractivity contribution in [3.05, 3.63) is 314 Å². The lowest BCUT2D eigenvalue weighted by atomic mass is 9.33. The quantitative estimate of drug-likeness (QED) is 0.105. The Morgan fingerprint density at radius 2 is 0.670 bits per heavy atom. The zero-order valence-corrected chi connectivity index (χ0v) is 49.6. The van der Waals surface area contributed by atoms with Crippen LogP contribution in [0, 0.1) is 0 Å². The average Bonchev–Trinajstić information content (AvgIpc) is 0.791. The highest BCUT2D eigenvalue weighted by Gasteiger charge is 2.45. The number of fused-ring (bicyclic) bond motifs is 7. The van der Waals surface area contributed by atoms with E-state index in [0.717, 1.165) is 118 Å². The third kappa shape index (κ3) is 9.97. The minimum Gasteiger partial charge on any atom is -0.311 e. The molecule has 16 rings (SSSR count). The molecule has 0 radical (unpaired) electrons. The molecule has 0 atom stereocenters. The smallest absolute Gasteiger partial charge is 0.311 e. The number of para-hydroxylation sites is 3. The number of nitrogens with zero attached hydrogens (tertiary/aromatic N) is 3. The molecule has 3 heterocycles. The van der Waals surface area contributed by atoms with Gasteiger partial charge in [-0.25, -0.2) is 0 Å². The fourth-order valence-corrected chi connectivity index (χ4v) is 14.0. The fourth-order valence-electron chi connectivity index (χ4n) is 14.0. The van der Waals surface area contributed by atoms with E-state index in [9.17, 15) is 26.3 Å². The van der Waals surface area contributed by atoms with E-state index in [1.165, 1.54) is 0 Å². The molecular formula is C81H49BF9N3. The topological polar surface area (TPSA) is 11.4 Å². The van der Waals surface area contributed by atoms with Crippen LogP contribution >= 0.6 is 0 Å². The fraction of sp³-hybridized carbons (Fsp3) is 0.0370. The first kappa shape index (κ1) is 57.8. The van der Waals surface area contributed by atoms with Crippen molar-refractivity contribution in [1.82, 2.24) is 4.57 Å². The number of benzene rings is 13. The van der Waals surface area contributed by atoms with Crippen molar-refractivity contribution in [2.24, 2.45) is 0 Å². The molecule has 0 fully saturated rings. The Hall–Kier alpha value is -11.3. The third-order valence-electron chi connectivity index (χ3n) is 18.2. The van der Waals surface area contributed by atoms with Crippen molar-refractivity contribution < 1.29 is 39.5 Å². The standard InChI is InChI=1S/C81H49BF9N3/c83-79(84,85)60-35-38-73(67(48-60)64-36-34-61(80(86,87)88)49-68(64)81(89,90)91)94-71-30-16-13-27-65(71)66-45-54(33-37-72(66)94)59-46-76-78-77(47-59)93(63-43-57(52-23-9-3-10-24-52)40-58(44-63)53-25-11-4-12-26-53)75-32-18-15-29-70(75)82(78)69-28-14-17-31-74(69)92(76)62-41-55(50-19-5-1-6-20-50)39-56(42-62)51-21-7-2-8-22-51/h1-49H. The molecule has 0 saturated carbocycles. The molecule has 0 unspecified atom stereocenters. The zero-order chi connectivity index (χ0) is 64.2. The van der Waals surface area contributed by atoms with Gasteiger partial charge in [-0.15, -0.1) is 0 Å². The Morgan fingerprint density at radius 3 is 1.15 bits per heavy atom. The van der Waals surface area contributed by atoms with Gasteiger partial charge in [-0.05, 0) is 187 Å². The van der Waals surface area contributed by atoms with Crippen LogP contribution in [0.25, 0.3) is 94.3 Å². The minimum absolute atomic E-state index is 0.0462. The van der Waals surface area contributed by atoms with Crippen molar-refractivity contribution in [3.63, 3.8) is 0 Å². The second-order valence-corrected chi connectivity index (χ2v) is 23.7. The number of anilines is 6. The van der Waals surface area contributed by atoms with E-state index in [1.54, 1.807) is 22.8 Å². The Bertz CT molecular complexity index is 4980. The molecule has 0 N–H and O–H groups in total. The summed E-state index contributed by atoms with van der Waals surface area (Å²) < 4.78 is 134. The number of hydrogen-bond acceptors (Lipinski definition) is 2. The zero-order valence-electron chi connectivity index (χ0n) is 49.6. The largest absolute Gasteiger partial charge is 0.417 e. The molecule has 0 aliphatic carbocycles. The molecule has 0 saturated heterocycles. The molecule has 13 aromatic carbocycles. The molecule has 0 bridgehead atoms. The first-order valence-electron chi connectivity index (χ1n) is 30.5. The lowest BCUT2D eigenvalue weighted by Gasteiger charge is -2.44. The number of aromatic nitrogens is 1. The van der Waals surface area contributed by atoms with E-state index >= 15 is 13.2 Å². The summed E-state index contributed by atoms with van der Waals surface area (Å²) in [7, 11) is 0. The maximum absolute atomic E-state index is 15.1. The highest BCUT2D eigenvalue weighted by atomic mass is 19.4. The van der Waals surface area contributed by atoms with Gasteiger partial charge in [0.1, 0.15) is 0 Å². The van der Waals surface area contributed by atoms with E-state index in [2.05, 4.69) is 155 Å². The van der Waals surface area contributed by atoms with Gasteiger partial charge in [-0.2, -0.15) is 39.5 Å². The average molecular weight is 1250 g/mol. The van der Waals surface area contributed by atoms with Crippen LogP contribution in [-0.4, -0.2) is 11.3 Å². The van der Waals surface area contributed by atoms with Crippen LogP contribution in [-0.2, 0) is 18.5 Å². The lowest BCUT2D eigenvalue weighted by Crippen LogP contribution is -2.61. The number of rotatable bonds is 9. The lowest BCUT2D eigenvalue weighted by molar-refractivity contribution is -0.142. The maximum Gasteiger partial charge on any atom is 0.417 e. The van der Waals surface area contributed by atoms with Gasteiger partial charge in [-0.1, -0.05) is 188 Å². The molecule has 2 aliphatic rings. The van der Waals surface area contributed by atoms with Crippen molar-refractivity contribution in [2.45, 2.75) is 18.5 Å². The van der Waals surface area contributed by atoms with Gasteiger partial charge in [-0.3, -0.25) is 0 Å². The van der Waals surface area contributed by atoms with Crippen LogP contribution in [0.1, 0.15) is 16.7 Å². The number of halogens is 9. The van der Waals surface area contributed by atoms with E-state index < -0.39 is 46.3 Å². The molecule has 2 aliphatic heterocycles. The van der Waals surface area contributed by atoms with Gasteiger partial charge in [0, 0.05) is 50.5 Å². The van der Waals surface area contributed by atoms with Crippen LogP contribution in [0.2, 0.25) is 0 Å². The van der Waals surface area contributed by atoms with Crippen molar-refractivity contribution in [1.29, 1.82) is 0 Å². The second kappa shape index (κ2) is 22.2. The summed E-state index contributed by atoms with van der Waals surface area (Å²) in [6, 6.07) is 92.4. The maximum atomic E-state index is 15.1. The summed E-state index contributed by atoms with van der Waals surface area (Å²) in [5, 5.41) is 1.23. The molecular weight excluding hydrogens is 1200 g/mol. The van der Waals surface area contributed by atoms with Gasteiger partial charge in [0.2, 0.25) is 0 Å². The van der Waals surface area contributed by atoms with Gasteiger partial charge in [0.15, 0.2) is 0 Å². The van der Waals surface area contributed by atoms with E-state index in [-0.39, 0.29) is 18.5 Å². The van der Waals surface area contributed by atoms with Gasteiger partial charge < -0.3 is 14.4 Å². The van der Waals surface area contributed by atoms with Gasteiger partial charge in [0.05, 0.1) is 33.4 Å². The van der Waals surface area contributed by atoms with Crippen molar-refractivity contribution in [3.8, 4) is 72.4 Å². The van der Waals surface area contributed by atoms with Crippen LogP contribution in [0.4, 0.5) is 73.6 Å². The summed E-state index contributed by atoms with van der Waals surface area (Å²) in [5.41, 5.74) is 13.2. The summed E-state index contributed by atoms with van der Waals surface area (Å²) in [6.45, 7) is -0.267. The predicted octanol–water partition coefficient (Wildman–Crippen LogP) is 21.9. The summed E-state index contributed by atoms with van der Waals surface area (Å²) >= 11 is 0. The predicted molar refractivity (Wildman–Crippen MR) is 362 cm³/mol. The van der Waals surface area contributed by atoms with Crippen molar-refractivity contribution in [2.75, 3.05) is 9.80 Å². The Labute approximate surface area is 535 Å². The molecule has 94 heavy (non-hydrogen) atoms.